The van der Waals surface area contributed by atoms with Gasteiger partial charge in [-0.3, -0.25) is 14.4 Å². The molecule has 6 heteroatoms. The van der Waals surface area contributed by atoms with Crippen LogP contribution >= 0.6 is 0 Å². The van der Waals surface area contributed by atoms with Crippen LogP contribution in [-0.4, -0.2) is 37.2 Å². The summed E-state index contributed by atoms with van der Waals surface area (Å²) in [7, 11) is 0. The second-order valence-electron chi connectivity index (χ2n) is 20.2. The molecule has 1 atom stereocenters. The van der Waals surface area contributed by atoms with Crippen molar-refractivity contribution in [1.82, 2.24) is 0 Å². The predicted octanol–water partition coefficient (Wildman–Crippen LogP) is 21.2. The Morgan fingerprint density at radius 3 is 0.880 bits per heavy atom. The molecule has 1 unspecified atom stereocenters. The lowest BCUT2D eigenvalue weighted by atomic mass is 10.1. The summed E-state index contributed by atoms with van der Waals surface area (Å²) in [4.78, 5) is 38.3. The van der Waals surface area contributed by atoms with Gasteiger partial charge in [0.25, 0.3) is 0 Å². The van der Waals surface area contributed by atoms with Gasteiger partial charge in [-0.05, 0) is 122 Å². The molecule has 0 bridgehead atoms. The molecule has 75 heavy (non-hydrogen) atoms. The molecule has 0 heterocycles. The van der Waals surface area contributed by atoms with Crippen molar-refractivity contribution in [2.45, 2.75) is 284 Å². The van der Waals surface area contributed by atoms with Crippen LogP contribution in [-0.2, 0) is 28.6 Å². The molecule has 0 amide bonds. The van der Waals surface area contributed by atoms with E-state index in [0.717, 1.165) is 116 Å². The first-order valence-corrected chi connectivity index (χ1v) is 31.0. The zero-order valence-electron chi connectivity index (χ0n) is 48.8. The van der Waals surface area contributed by atoms with Crippen LogP contribution in [0.1, 0.15) is 278 Å². The highest BCUT2D eigenvalue weighted by molar-refractivity contribution is 5.71. The highest BCUT2D eigenvalue weighted by Crippen LogP contribution is 2.15. The van der Waals surface area contributed by atoms with Crippen LogP contribution in [0.25, 0.3) is 0 Å². The molecule has 6 nitrogen and oxygen atoms in total. The van der Waals surface area contributed by atoms with Crippen LogP contribution in [0.2, 0.25) is 0 Å². The largest absolute Gasteiger partial charge is 0.462 e. The minimum absolute atomic E-state index is 0.105. The Kier molecular flexibility index (Phi) is 58.9. The zero-order chi connectivity index (χ0) is 54.3. The molecular weight excluding hydrogens is 925 g/mol. The number of unbranched alkanes of at least 4 members (excludes halogenated alkanes) is 24. The van der Waals surface area contributed by atoms with Crippen molar-refractivity contribution < 1.29 is 28.6 Å². The minimum Gasteiger partial charge on any atom is -0.462 e. The normalized spacial score (nSPS) is 12.9. The highest BCUT2D eigenvalue weighted by Gasteiger charge is 2.19. The van der Waals surface area contributed by atoms with E-state index >= 15 is 0 Å². The van der Waals surface area contributed by atoms with Crippen molar-refractivity contribution in [1.29, 1.82) is 0 Å². The molecule has 0 aromatic rings. The van der Waals surface area contributed by atoms with Gasteiger partial charge in [-0.1, -0.05) is 258 Å². The van der Waals surface area contributed by atoms with Crippen molar-refractivity contribution >= 4 is 17.9 Å². The number of esters is 3. The minimum atomic E-state index is -0.814. The van der Waals surface area contributed by atoms with Gasteiger partial charge in [0.2, 0.25) is 0 Å². The fourth-order valence-electron chi connectivity index (χ4n) is 8.35. The number of ether oxygens (including phenoxy) is 3. The smallest absolute Gasteiger partial charge is 0.306 e. The second kappa shape index (κ2) is 62.4. The fraction of sp³-hybridized carbons (Fsp3) is 0.667. The Morgan fingerprint density at radius 2 is 0.533 bits per heavy atom. The molecule has 426 valence electrons. The summed E-state index contributed by atoms with van der Waals surface area (Å²) in [6.07, 6.45) is 86.3. The van der Waals surface area contributed by atoms with Crippen LogP contribution in [0.3, 0.4) is 0 Å². The maximum atomic E-state index is 12.9. The van der Waals surface area contributed by atoms with Crippen LogP contribution in [0.4, 0.5) is 0 Å². The first-order valence-electron chi connectivity index (χ1n) is 31.0. The highest BCUT2D eigenvalue weighted by atomic mass is 16.6. The monoisotopic (exact) mass is 1040 g/mol. The molecule has 0 aromatic carbocycles. The van der Waals surface area contributed by atoms with Crippen molar-refractivity contribution in [2.75, 3.05) is 13.2 Å². The molecule has 0 aromatic heterocycles. The summed E-state index contributed by atoms with van der Waals surface area (Å²) >= 11 is 0. The van der Waals surface area contributed by atoms with E-state index in [4.69, 9.17) is 14.2 Å². The average Bonchev–Trinajstić information content (AvgIpc) is 3.41. The van der Waals surface area contributed by atoms with Gasteiger partial charge in [0, 0.05) is 19.3 Å². The predicted molar refractivity (Wildman–Crippen MR) is 325 cm³/mol. The summed E-state index contributed by atoms with van der Waals surface area (Å²) in [6.45, 7) is 6.36. The second-order valence-corrected chi connectivity index (χ2v) is 20.2. The van der Waals surface area contributed by atoms with Gasteiger partial charge >= 0.3 is 17.9 Å². The van der Waals surface area contributed by atoms with Crippen molar-refractivity contribution in [3.63, 3.8) is 0 Å². The molecule has 0 saturated carbocycles. The standard InChI is InChI=1S/C69H114O6/c1-4-7-10-13-16-19-22-25-28-31-33-34-36-38-41-44-47-50-53-56-59-62-68(71)74-65-66(64-73-67(70)61-58-55-52-49-46-43-40-37-30-27-24-21-18-15-12-9-6-3)75-69(72)63-60-57-54-51-48-45-42-39-35-32-29-26-23-20-17-14-11-8-5-2/h8-9,11-12,17-18,20-21,26-27,29-31,33,35,39-40,43,49,52,66H,4-7,10,13-16,19,22-25,28,32,34,36-38,41-42,44-48,50-51,53-65H2,1-3H3/b11-8-,12-9-,20-17-,21-18-,29-26-,30-27-,33-31-,39-35-,43-40-,52-49-. The first kappa shape index (κ1) is 70.8. The van der Waals surface area contributed by atoms with Crippen LogP contribution in [0, 0.1) is 0 Å². The van der Waals surface area contributed by atoms with Crippen LogP contribution < -0.4 is 0 Å². The third-order valence-electron chi connectivity index (χ3n) is 12.9. The molecule has 0 aliphatic heterocycles. The number of hydrogen-bond donors (Lipinski definition) is 0. The molecule has 0 radical (unpaired) electrons. The van der Waals surface area contributed by atoms with Gasteiger partial charge in [0.05, 0.1) is 0 Å². The number of carbonyl (C=O) groups excluding carboxylic acids is 3. The molecule has 0 aliphatic carbocycles. The van der Waals surface area contributed by atoms with E-state index in [1.54, 1.807) is 0 Å². The fourth-order valence-corrected chi connectivity index (χ4v) is 8.35. The van der Waals surface area contributed by atoms with E-state index < -0.39 is 6.10 Å². The summed E-state index contributed by atoms with van der Waals surface area (Å²) in [5.41, 5.74) is 0. The summed E-state index contributed by atoms with van der Waals surface area (Å²) < 4.78 is 16.9. The van der Waals surface area contributed by atoms with E-state index in [1.807, 2.05) is 0 Å². The number of hydrogen-bond acceptors (Lipinski definition) is 6. The van der Waals surface area contributed by atoms with E-state index in [9.17, 15) is 14.4 Å². The van der Waals surface area contributed by atoms with E-state index in [-0.39, 0.29) is 37.5 Å². The topological polar surface area (TPSA) is 78.9 Å². The van der Waals surface area contributed by atoms with Crippen molar-refractivity contribution in [2.24, 2.45) is 0 Å². The Morgan fingerprint density at radius 1 is 0.280 bits per heavy atom. The number of rotatable bonds is 55. The van der Waals surface area contributed by atoms with Crippen molar-refractivity contribution in [3.05, 3.63) is 122 Å². The molecule has 0 rings (SSSR count). The third-order valence-corrected chi connectivity index (χ3v) is 12.9. The maximum Gasteiger partial charge on any atom is 0.306 e. The van der Waals surface area contributed by atoms with Gasteiger partial charge < -0.3 is 14.2 Å². The lowest BCUT2D eigenvalue weighted by Gasteiger charge is -2.18. The quantitative estimate of drug-likeness (QED) is 0.0261. The lowest BCUT2D eigenvalue weighted by Crippen LogP contribution is -2.30. The first-order chi connectivity index (χ1) is 37.0. The van der Waals surface area contributed by atoms with Gasteiger partial charge in [-0.2, -0.15) is 0 Å². The Labute approximate surface area is 462 Å². The Bertz CT molecular complexity index is 1570. The molecule has 0 spiro atoms. The molecule has 0 fully saturated rings. The Hall–Kier alpha value is -4.19. The van der Waals surface area contributed by atoms with E-state index in [2.05, 4.69) is 142 Å². The molecular formula is C69H114O6. The molecule has 0 aliphatic rings. The van der Waals surface area contributed by atoms with Gasteiger partial charge in [0.15, 0.2) is 6.10 Å². The summed E-state index contributed by atoms with van der Waals surface area (Å²) in [6, 6.07) is 0. The van der Waals surface area contributed by atoms with Crippen molar-refractivity contribution in [3.8, 4) is 0 Å². The maximum absolute atomic E-state index is 12.9. The number of carbonyl (C=O) groups is 3. The third kappa shape index (κ3) is 60.6. The summed E-state index contributed by atoms with van der Waals surface area (Å²) in [5.74, 6) is -0.979. The molecule has 0 N–H and O–H groups in total. The lowest BCUT2D eigenvalue weighted by molar-refractivity contribution is -0.167. The van der Waals surface area contributed by atoms with E-state index in [1.165, 1.54) is 116 Å². The average molecular weight is 1040 g/mol. The van der Waals surface area contributed by atoms with E-state index in [0.29, 0.717) is 19.3 Å². The molecule has 0 saturated heterocycles. The van der Waals surface area contributed by atoms with Crippen LogP contribution in [0.15, 0.2) is 122 Å². The SMILES string of the molecule is CC/C=C\C/C=C\C/C=C\C/C=C\C/C=C\CCCC(=O)OCC(COC(=O)CCCCCCCCCCC/C=C\CCCCCCCCCC)OC(=O)CCCCCCCC/C=C\C/C=C\C/C=C\C/C=C\CC. The Balaban J connectivity index is 4.48. The summed E-state index contributed by atoms with van der Waals surface area (Å²) in [5, 5.41) is 0. The van der Waals surface area contributed by atoms with Gasteiger partial charge in [-0.15, -0.1) is 0 Å². The zero-order valence-corrected chi connectivity index (χ0v) is 48.8. The van der Waals surface area contributed by atoms with Gasteiger partial charge in [-0.25, -0.2) is 0 Å². The number of allylic oxidation sites excluding steroid dienone is 20. The van der Waals surface area contributed by atoms with Gasteiger partial charge in [0.1, 0.15) is 13.2 Å². The van der Waals surface area contributed by atoms with Crippen LogP contribution in [0.5, 0.6) is 0 Å².